The number of hydrogen-bond donors (Lipinski definition) is 4. The van der Waals surface area contributed by atoms with Crippen LogP contribution in [0.15, 0.2) is 24.4 Å². The fourth-order valence-electron chi connectivity index (χ4n) is 3.48. The van der Waals surface area contributed by atoms with Gasteiger partial charge < -0.3 is 20.4 Å². The molecule has 1 aliphatic rings. The van der Waals surface area contributed by atoms with E-state index in [1.54, 1.807) is 24.4 Å². The van der Waals surface area contributed by atoms with Crippen molar-refractivity contribution < 1.29 is 19.1 Å². The van der Waals surface area contributed by atoms with E-state index in [0.29, 0.717) is 42.1 Å². The van der Waals surface area contributed by atoms with Crippen LogP contribution in [0.5, 0.6) is 0 Å². The molecule has 3 rings (SSSR count). The van der Waals surface area contributed by atoms with Gasteiger partial charge in [0, 0.05) is 17.7 Å². The Balaban J connectivity index is 2.02. The van der Waals surface area contributed by atoms with Crippen molar-refractivity contribution in [1.29, 1.82) is 0 Å². The van der Waals surface area contributed by atoms with Crippen LogP contribution in [0.4, 0.5) is 16.2 Å². The number of carbonyl (C=O) groups is 3. The summed E-state index contributed by atoms with van der Waals surface area (Å²) in [5.41, 5.74) is 2.47. The smallest absolute Gasteiger partial charge is 0.411 e. The van der Waals surface area contributed by atoms with Gasteiger partial charge in [-0.3, -0.25) is 14.9 Å². The maximum Gasteiger partial charge on any atom is 0.411 e. The molecule has 0 saturated heterocycles. The minimum Gasteiger partial charge on any atom is -0.453 e. The van der Waals surface area contributed by atoms with E-state index in [9.17, 15) is 14.4 Å². The number of nitrogens with zero attached hydrogens (tertiary/aromatic N) is 1. The van der Waals surface area contributed by atoms with E-state index in [0.717, 1.165) is 18.4 Å². The number of benzene rings is 1. The van der Waals surface area contributed by atoms with E-state index in [-0.39, 0.29) is 17.9 Å². The van der Waals surface area contributed by atoms with Gasteiger partial charge in [0.15, 0.2) is 0 Å². The Morgan fingerprint density at radius 2 is 2.21 bits per heavy atom. The van der Waals surface area contributed by atoms with Crippen molar-refractivity contribution in [3.05, 3.63) is 30.2 Å². The standard InChI is InChI=1S/C20H25N5O4/c1-3-12-4-7-15(22-11-26)19-21-10-17(25-19)14-6-5-13(23-20(28)29-2)9-16(14)24-18(27)8-12/h5-6,9-12,15H,3-4,7-8H2,1-2H3,(H,21,25)(H,22,26)(H,23,28)(H,24,27). The van der Waals surface area contributed by atoms with E-state index < -0.39 is 6.09 Å². The number of aromatic amines is 1. The number of aromatic nitrogens is 2. The van der Waals surface area contributed by atoms with Gasteiger partial charge in [-0.25, -0.2) is 9.78 Å². The van der Waals surface area contributed by atoms with E-state index in [1.807, 2.05) is 6.92 Å². The van der Waals surface area contributed by atoms with Crippen molar-refractivity contribution in [1.82, 2.24) is 15.3 Å². The molecular formula is C20H25N5O4. The predicted molar refractivity (Wildman–Crippen MR) is 108 cm³/mol. The molecule has 2 atom stereocenters. The van der Waals surface area contributed by atoms with E-state index >= 15 is 0 Å². The zero-order valence-corrected chi connectivity index (χ0v) is 16.5. The van der Waals surface area contributed by atoms with Crippen molar-refractivity contribution in [3.8, 4) is 11.3 Å². The van der Waals surface area contributed by atoms with Gasteiger partial charge in [-0.2, -0.15) is 0 Å². The summed E-state index contributed by atoms with van der Waals surface area (Å²) in [6.07, 6.45) is 4.43. The molecular weight excluding hydrogens is 374 g/mol. The van der Waals surface area contributed by atoms with Crippen molar-refractivity contribution in [2.45, 2.75) is 38.6 Å². The van der Waals surface area contributed by atoms with Crippen LogP contribution >= 0.6 is 0 Å². The molecule has 2 aromatic rings. The third kappa shape index (κ3) is 4.92. The molecule has 4 N–H and O–H groups in total. The average Bonchev–Trinajstić information content (AvgIpc) is 3.19. The number of methoxy groups -OCH3 is 1. The van der Waals surface area contributed by atoms with Gasteiger partial charge in [-0.1, -0.05) is 13.3 Å². The molecule has 0 radical (unpaired) electrons. The number of imidazole rings is 1. The fraction of sp³-hybridized carbons (Fsp3) is 0.400. The van der Waals surface area contributed by atoms with Gasteiger partial charge in [0.1, 0.15) is 5.82 Å². The predicted octanol–water partition coefficient (Wildman–Crippen LogP) is 3.19. The third-order valence-electron chi connectivity index (χ3n) is 5.13. The highest BCUT2D eigenvalue weighted by Crippen LogP contribution is 2.33. The maximum atomic E-state index is 12.7. The molecule has 0 aliphatic carbocycles. The molecule has 0 fully saturated rings. The second-order valence-electron chi connectivity index (χ2n) is 7.00. The first-order valence-corrected chi connectivity index (χ1v) is 9.57. The van der Waals surface area contributed by atoms with Crippen molar-refractivity contribution in [3.63, 3.8) is 0 Å². The average molecular weight is 399 g/mol. The lowest BCUT2D eigenvalue weighted by Crippen LogP contribution is -2.23. The number of H-pyrrole nitrogens is 1. The summed E-state index contributed by atoms with van der Waals surface area (Å²) in [5, 5.41) is 8.37. The Bertz CT molecular complexity index is 895. The van der Waals surface area contributed by atoms with Crippen molar-refractivity contribution in [2.24, 2.45) is 5.92 Å². The highest BCUT2D eigenvalue weighted by atomic mass is 16.5. The summed E-state index contributed by atoms with van der Waals surface area (Å²) in [5.74, 6) is 0.740. The summed E-state index contributed by atoms with van der Waals surface area (Å²) in [6.45, 7) is 2.04. The largest absolute Gasteiger partial charge is 0.453 e. The molecule has 2 unspecified atom stereocenters. The second-order valence-corrected chi connectivity index (χ2v) is 7.00. The number of rotatable bonds is 4. The van der Waals surface area contributed by atoms with Crippen molar-refractivity contribution in [2.75, 3.05) is 17.7 Å². The molecule has 29 heavy (non-hydrogen) atoms. The van der Waals surface area contributed by atoms with Crippen LogP contribution < -0.4 is 16.0 Å². The minimum atomic E-state index is -0.595. The van der Waals surface area contributed by atoms with Gasteiger partial charge in [0.2, 0.25) is 12.3 Å². The summed E-state index contributed by atoms with van der Waals surface area (Å²) in [6, 6.07) is 4.92. The number of carbonyl (C=O) groups excluding carboxylic acids is 3. The topological polar surface area (TPSA) is 125 Å². The zero-order chi connectivity index (χ0) is 20.8. The molecule has 2 heterocycles. The van der Waals surface area contributed by atoms with Crippen LogP contribution in [0.2, 0.25) is 0 Å². The molecule has 2 bridgehead atoms. The van der Waals surface area contributed by atoms with E-state index in [2.05, 4.69) is 30.7 Å². The molecule has 1 aliphatic heterocycles. The van der Waals surface area contributed by atoms with Crippen LogP contribution in [-0.2, 0) is 14.3 Å². The fourth-order valence-corrected chi connectivity index (χ4v) is 3.48. The van der Waals surface area contributed by atoms with Gasteiger partial charge in [0.25, 0.3) is 0 Å². The molecule has 0 spiro atoms. The summed E-state index contributed by atoms with van der Waals surface area (Å²) in [7, 11) is 1.28. The monoisotopic (exact) mass is 399 g/mol. The lowest BCUT2D eigenvalue weighted by molar-refractivity contribution is -0.117. The molecule has 3 amide bonds. The maximum absolute atomic E-state index is 12.7. The Morgan fingerprint density at radius 1 is 1.38 bits per heavy atom. The SMILES string of the molecule is CCC1CCC(NC=O)c2ncc([nH]2)-c2ccc(NC(=O)OC)cc2NC(=O)C1. The molecule has 0 saturated carbocycles. The normalized spacial score (nSPS) is 19.0. The highest BCUT2D eigenvalue weighted by molar-refractivity contribution is 5.97. The van der Waals surface area contributed by atoms with E-state index in [4.69, 9.17) is 0 Å². The first-order valence-electron chi connectivity index (χ1n) is 9.57. The lowest BCUT2D eigenvalue weighted by Gasteiger charge is -2.20. The van der Waals surface area contributed by atoms with Crippen LogP contribution in [0, 0.1) is 5.92 Å². The first kappa shape index (κ1) is 20.4. The summed E-state index contributed by atoms with van der Waals surface area (Å²) in [4.78, 5) is 42.9. The number of ether oxygens (including phenoxy) is 1. The number of hydrogen-bond acceptors (Lipinski definition) is 5. The van der Waals surface area contributed by atoms with Crippen LogP contribution in [-0.4, -0.2) is 35.5 Å². The Kier molecular flexibility index (Phi) is 6.48. The number of fused-ring (bicyclic) bond motifs is 4. The highest BCUT2D eigenvalue weighted by Gasteiger charge is 2.22. The second kappa shape index (κ2) is 9.22. The van der Waals surface area contributed by atoms with E-state index in [1.165, 1.54) is 7.11 Å². The van der Waals surface area contributed by atoms with Crippen LogP contribution in [0.1, 0.15) is 44.5 Å². The van der Waals surface area contributed by atoms with Gasteiger partial charge in [-0.05, 0) is 37.0 Å². The molecule has 9 nitrogen and oxygen atoms in total. The van der Waals surface area contributed by atoms with Gasteiger partial charge in [-0.15, -0.1) is 0 Å². The van der Waals surface area contributed by atoms with Crippen LogP contribution in [0.3, 0.4) is 0 Å². The Morgan fingerprint density at radius 3 is 2.93 bits per heavy atom. The molecule has 1 aromatic carbocycles. The van der Waals surface area contributed by atoms with Gasteiger partial charge in [0.05, 0.1) is 30.7 Å². The zero-order valence-electron chi connectivity index (χ0n) is 16.5. The van der Waals surface area contributed by atoms with Gasteiger partial charge >= 0.3 is 6.09 Å². The number of nitrogens with one attached hydrogen (secondary N) is 4. The Labute approximate surface area is 168 Å². The quantitative estimate of drug-likeness (QED) is 0.588. The van der Waals surface area contributed by atoms with Crippen molar-refractivity contribution >= 4 is 29.8 Å². The summed E-state index contributed by atoms with van der Waals surface area (Å²) >= 11 is 0. The Hall–Kier alpha value is -3.36. The third-order valence-corrected chi connectivity index (χ3v) is 5.13. The number of anilines is 2. The summed E-state index contributed by atoms with van der Waals surface area (Å²) < 4.78 is 4.63. The molecule has 154 valence electrons. The molecule has 1 aromatic heterocycles. The minimum absolute atomic E-state index is 0.103. The molecule has 9 heteroatoms. The lowest BCUT2D eigenvalue weighted by atomic mass is 9.93. The van der Waals surface area contributed by atoms with Crippen LogP contribution in [0.25, 0.3) is 11.3 Å². The number of amides is 3. The first-order chi connectivity index (χ1) is 14.0.